The van der Waals surface area contributed by atoms with Gasteiger partial charge in [0.05, 0.1) is 25.0 Å². The van der Waals surface area contributed by atoms with Gasteiger partial charge in [0.1, 0.15) is 0 Å². The van der Waals surface area contributed by atoms with E-state index >= 15 is 0 Å². The van der Waals surface area contributed by atoms with Gasteiger partial charge in [-0.1, -0.05) is 18.2 Å². The van der Waals surface area contributed by atoms with E-state index in [2.05, 4.69) is 34.5 Å². The standard InChI is InChI=1S/C15H18N4O/c1-2-4-12-11(3-1)14-13(5-6-16-12)17-15(18-14)19-7-9-20-10-8-19/h1-4,13,16H,5-10H2. The van der Waals surface area contributed by atoms with E-state index in [9.17, 15) is 0 Å². The summed E-state index contributed by atoms with van der Waals surface area (Å²) in [5.41, 5.74) is 3.49. The second-order valence-electron chi connectivity index (χ2n) is 5.30. The van der Waals surface area contributed by atoms with Crippen molar-refractivity contribution in [3.8, 4) is 0 Å². The predicted molar refractivity (Wildman–Crippen MR) is 79.7 cm³/mol. The van der Waals surface area contributed by atoms with E-state index in [1.807, 2.05) is 0 Å². The fourth-order valence-corrected chi connectivity index (χ4v) is 2.97. The number of anilines is 1. The van der Waals surface area contributed by atoms with Crippen LogP contribution < -0.4 is 5.32 Å². The Balaban J connectivity index is 1.68. The largest absolute Gasteiger partial charge is 0.384 e. The van der Waals surface area contributed by atoms with Gasteiger partial charge in [-0.05, 0) is 12.5 Å². The van der Waals surface area contributed by atoms with E-state index in [0.29, 0.717) is 0 Å². The van der Waals surface area contributed by atoms with Crippen LogP contribution in [0.5, 0.6) is 0 Å². The summed E-state index contributed by atoms with van der Waals surface area (Å²) in [6.07, 6.45) is 1.00. The van der Waals surface area contributed by atoms with Gasteiger partial charge in [0, 0.05) is 30.9 Å². The molecule has 5 nitrogen and oxygen atoms in total. The number of guanidine groups is 1. The summed E-state index contributed by atoms with van der Waals surface area (Å²) in [6, 6.07) is 8.58. The zero-order valence-electron chi connectivity index (χ0n) is 11.4. The molecule has 1 aromatic rings. The molecular weight excluding hydrogens is 252 g/mol. The zero-order valence-corrected chi connectivity index (χ0v) is 11.4. The van der Waals surface area contributed by atoms with Crippen LogP contribution in [0.2, 0.25) is 0 Å². The normalized spacial score (nSPS) is 25.0. The van der Waals surface area contributed by atoms with Gasteiger partial charge in [-0.25, -0.2) is 9.98 Å². The number of ether oxygens (including phenoxy) is 1. The van der Waals surface area contributed by atoms with Crippen molar-refractivity contribution in [3.63, 3.8) is 0 Å². The van der Waals surface area contributed by atoms with Crippen LogP contribution in [0.25, 0.3) is 0 Å². The topological polar surface area (TPSA) is 49.2 Å². The number of fused-ring (bicyclic) bond motifs is 3. The molecule has 3 aliphatic rings. The third kappa shape index (κ3) is 1.98. The summed E-state index contributed by atoms with van der Waals surface area (Å²) in [5, 5.41) is 3.46. The van der Waals surface area contributed by atoms with E-state index in [0.717, 1.165) is 50.9 Å². The fourth-order valence-electron chi connectivity index (χ4n) is 2.97. The first-order valence-electron chi connectivity index (χ1n) is 7.24. The Morgan fingerprint density at radius 3 is 2.95 bits per heavy atom. The molecule has 0 aromatic heterocycles. The van der Waals surface area contributed by atoms with E-state index in [4.69, 9.17) is 14.7 Å². The molecule has 1 saturated heterocycles. The number of nitrogens with one attached hydrogen (secondary N) is 1. The highest BCUT2D eigenvalue weighted by molar-refractivity contribution is 6.16. The molecule has 0 aliphatic carbocycles. The van der Waals surface area contributed by atoms with Crippen molar-refractivity contribution in [1.29, 1.82) is 0 Å². The quantitative estimate of drug-likeness (QED) is 0.774. The van der Waals surface area contributed by atoms with E-state index in [-0.39, 0.29) is 6.04 Å². The first-order valence-corrected chi connectivity index (χ1v) is 7.24. The average Bonchev–Trinajstić information content (AvgIpc) is 2.85. The predicted octanol–water partition coefficient (Wildman–Crippen LogP) is 1.36. The molecule has 1 fully saturated rings. The summed E-state index contributed by atoms with van der Waals surface area (Å²) in [7, 11) is 0. The van der Waals surface area contributed by atoms with Crippen molar-refractivity contribution in [2.45, 2.75) is 12.5 Å². The number of para-hydroxylation sites is 1. The Labute approximate surface area is 118 Å². The lowest BCUT2D eigenvalue weighted by atomic mass is 10.0. The van der Waals surface area contributed by atoms with Gasteiger partial charge in [0.25, 0.3) is 0 Å². The summed E-state index contributed by atoms with van der Waals surface area (Å²) >= 11 is 0. The van der Waals surface area contributed by atoms with Gasteiger partial charge in [-0.2, -0.15) is 0 Å². The first-order chi connectivity index (χ1) is 9.92. The van der Waals surface area contributed by atoms with Gasteiger partial charge < -0.3 is 15.0 Å². The minimum atomic E-state index is 0.198. The Morgan fingerprint density at radius 1 is 1.20 bits per heavy atom. The Hall–Kier alpha value is -1.88. The summed E-state index contributed by atoms with van der Waals surface area (Å²) in [6.45, 7) is 4.27. The minimum absolute atomic E-state index is 0.198. The summed E-state index contributed by atoms with van der Waals surface area (Å²) in [5.74, 6) is 0.894. The van der Waals surface area contributed by atoms with Crippen molar-refractivity contribution in [3.05, 3.63) is 29.8 Å². The van der Waals surface area contributed by atoms with Crippen molar-refractivity contribution >= 4 is 17.4 Å². The molecular formula is C15H18N4O. The molecule has 0 radical (unpaired) electrons. The molecule has 3 aliphatic heterocycles. The monoisotopic (exact) mass is 270 g/mol. The second-order valence-corrected chi connectivity index (χ2v) is 5.30. The molecule has 3 heterocycles. The number of morpholine rings is 1. The molecule has 0 spiro atoms. The second kappa shape index (κ2) is 4.90. The number of nitrogens with zero attached hydrogens (tertiary/aromatic N) is 3. The number of rotatable bonds is 0. The van der Waals surface area contributed by atoms with E-state index in [1.165, 1.54) is 11.3 Å². The number of benzene rings is 1. The molecule has 1 unspecified atom stereocenters. The van der Waals surface area contributed by atoms with Crippen LogP contribution in [-0.2, 0) is 4.74 Å². The van der Waals surface area contributed by atoms with Gasteiger partial charge in [0.2, 0.25) is 5.96 Å². The Morgan fingerprint density at radius 2 is 2.05 bits per heavy atom. The maximum Gasteiger partial charge on any atom is 0.221 e. The van der Waals surface area contributed by atoms with Crippen molar-refractivity contribution in [2.24, 2.45) is 9.98 Å². The van der Waals surface area contributed by atoms with Crippen LogP contribution in [0.4, 0.5) is 5.69 Å². The Bertz CT molecular complexity index is 575. The molecule has 1 aromatic carbocycles. The van der Waals surface area contributed by atoms with Gasteiger partial charge >= 0.3 is 0 Å². The maximum absolute atomic E-state index is 5.40. The highest BCUT2D eigenvalue weighted by Crippen LogP contribution is 2.27. The van der Waals surface area contributed by atoms with Crippen LogP contribution in [0.1, 0.15) is 12.0 Å². The molecule has 20 heavy (non-hydrogen) atoms. The summed E-state index contributed by atoms with van der Waals surface area (Å²) in [4.78, 5) is 11.9. The third-order valence-electron chi connectivity index (χ3n) is 4.04. The molecule has 0 saturated carbocycles. The van der Waals surface area contributed by atoms with Crippen LogP contribution in [0.15, 0.2) is 34.3 Å². The van der Waals surface area contributed by atoms with E-state index < -0.39 is 0 Å². The highest BCUT2D eigenvalue weighted by Gasteiger charge is 2.30. The van der Waals surface area contributed by atoms with Crippen molar-refractivity contribution in [1.82, 2.24) is 4.90 Å². The number of hydrogen-bond donors (Lipinski definition) is 1. The maximum atomic E-state index is 5.40. The molecule has 4 rings (SSSR count). The number of hydrogen-bond acceptors (Lipinski definition) is 5. The van der Waals surface area contributed by atoms with Crippen LogP contribution in [-0.4, -0.2) is 55.5 Å². The smallest absolute Gasteiger partial charge is 0.221 e. The summed E-state index contributed by atoms with van der Waals surface area (Å²) < 4.78 is 5.40. The van der Waals surface area contributed by atoms with Crippen LogP contribution >= 0.6 is 0 Å². The molecule has 1 N–H and O–H groups in total. The van der Waals surface area contributed by atoms with Crippen molar-refractivity contribution in [2.75, 3.05) is 38.2 Å². The van der Waals surface area contributed by atoms with Gasteiger partial charge in [-0.15, -0.1) is 0 Å². The molecule has 1 atom stereocenters. The molecule has 5 heteroatoms. The SMILES string of the molecule is c1ccc2c(c1)NCCC1N=C(N3CCOCC3)N=C21. The first kappa shape index (κ1) is 11.9. The lowest BCUT2D eigenvalue weighted by molar-refractivity contribution is 0.0676. The molecule has 0 bridgehead atoms. The minimum Gasteiger partial charge on any atom is -0.384 e. The van der Waals surface area contributed by atoms with Gasteiger partial charge in [-0.3, -0.25) is 0 Å². The van der Waals surface area contributed by atoms with Crippen molar-refractivity contribution < 1.29 is 4.74 Å². The Kier molecular flexibility index (Phi) is 2.92. The fraction of sp³-hybridized carbons (Fsp3) is 0.467. The molecule has 104 valence electrons. The van der Waals surface area contributed by atoms with Crippen LogP contribution in [0, 0.1) is 0 Å². The highest BCUT2D eigenvalue weighted by atomic mass is 16.5. The third-order valence-corrected chi connectivity index (χ3v) is 4.04. The average molecular weight is 270 g/mol. The lowest BCUT2D eigenvalue weighted by Crippen LogP contribution is -2.39. The molecule has 0 amide bonds. The van der Waals surface area contributed by atoms with Crippen LogP contribution in [0.3, 0.4) is 0 Å². The number of aliphatic imine (C=N–C) groups is 2. The zero-order chi connectivity index (χ0) is 13.4. The van der Waals surface area contributed by atoms with Gasteiger partial charge in [0.15, 0.2) is 0 Å². The lowest BCUT2D eigenvalue weighted by Gasteiger charge is -2.26. The van der Waals surface area contributed by atoms with E-state index in [1.54, 1.807) is 0 Å².